The summed E-state index contributed by atoms with van der Waals surface area (Å²) in [6.07, 6.45) is 3.72. The van der Waals surface area contributed by atoms with Crippen LogP contribution in [0.25, 0.3) is 0 Å². The quantitative estimate of drug-likeness (QED) is 0.374. The van der Waals surface area contributed by atoms with Crippen molar-refractivity contribution in [1.82, 2.24) is 5.32 Å². The molecule has 0 aliphatic carbocycles. The molecule has 3 atom stereocenters. The number of rotatable bonds is 11. The summed E-state index contributed by atoms with van der Waals surface area (Å²) in [7, 11) is 0. The Hall–Kier alpha value is -2.33. The molecule has 1 aliphatic heterocycles. The fourth-order valence-electron chi connectivity index (χ4n) is 5.44. The average molecular weight is 480 g/mol. The highest BCUT2D eigenvalue weighted by Crippen LogP contribution is 2.39. The highest BCUT2D eigenvalue weighted by Gasteiger charge is 2.34. The van der Waals surface area contributed by atoms with Crippen LogP contribution in [0.2, 0.25) is 0 Å². The molecule has 1 N–H and O–H groups in total. The summed E-state index contributed by atoms with van der Waals surface area (Å²) >= 11 is 0. The summed E-state index contributed by atoms with van der Waals surface area (Å²) < 4.78 is 11.8. The summed E-state index contributed by atoms with van der Waals surface area (Å²) in [5, 5.41) is 3.24. The van der Waals surface area contributed by atoms with E-state index in [2.05, 4.69) is 75.5 Å². The molecule has 0 saturated carbocycles. The van der Waals surface area contributed by atoms with Crippen molar-refractivity contribution in [3.63, 3.8) is 0 Å². The maximum atomic E-state index is 13.0. The Morgan fingerprint density at radius 3 is 2.31 bits per heavy atom. The number of amides is 1. The molecule has 1 aliphatic rings. The van der Waals surface area contributed by atoms with Crippen molar-refractivity contribution >= 4 is 5.91 Å². The number of carbonyl (C=O) groups excluding carboxylic acids is 1. The van der Waals surface area contributed by atoms with E-state index in [-0.39, 0.29) is 23.5 Å². The largest absolute Gasteiger partial charge is 0.491 e. The number of carbonyl (C=O) groups is 1. The Bertz CT molecular complexity index is 905. The minimum atomic E-state index is -0.0839. The van der Waals surface area contributed by atoms with Crippen LogP contribution in [0.4, 0.5) is 0 Å². The van der Waals surface area contributed by atoms with Crippen LogP contribution in [-0.4, -0.2) is 30.8 Å². The first-order valence-corrected chi connectivity index (χ1v) is 13.4. The SMILES string of the molecule is CC(C)Oc1ccc([C@@H](CC(=O)NCC[C@H](c2ccccc2)[C@H]2CCOC(C)(C)C2)C(C)C)cc1. The molecule has 0 bridgehead atoms. The van der Waals surface area contributed by atoms with Gasteiger partial charge >= 0.3 is 0 Å². The zero-order chi connectivity index (χ0) is 25.4. The van der Waals surface area contributed by atoms with Crippen molar-refractivity contribution in [2.24, 2.45) is 11.8 Å². The average Bonchev–Trinajstić information content (AvgIpc) is 2.80. The molecule has 0 unspecified atom stereocenters. The van der Waals surface area contributed by atoms with Crippen molar-refractivity contribution in [3.05, 3.63) is 65.7 Å². The molecule has 1 saturated heterocycles. The van der Waals surface area contributed by atoms with Gasteiger partial charge in [-0.05, 0) is 93.9 Å². The third kappa shape index (κ3) is 8.38. The van der Waals surface area contributed by atoms with Crippen LogP contribution >= 0.6 is 0 Å². The van der Waals surface area contributed by atoms with Gasteiger partial charge in [0, 0.05) is 19.6 Å². The molecular weight excluding hydrogens is 434 g/mol. The van der Waals surface area contributed by atoms with Gasteiger partial charge in [-0.3, -0.25) is 4.79 Å². The molecule has 2 aromatic carbocycles. The smallest absolute Gasteiger partial charge is 0.220 e. The lowest BCUT2D eigenvalue weighted by molar-refractivity contribution is -0.121. The highest BCUT2D eigenvalue weighted by molar-refractivity contribution is 5.76. The maximum absolute atomic E-state index is 13.0. The molecule has 192 valence electrons. The van der Waals surface area contributed by atoms with Crippen molar-refractivity contribution < 1.29 is 14.3 Å². The predicted molar refractivity (Wildman–Crippen MR) is 144 cm³/mol. The van der Waals surface area contributed by atoms with E-state index in [4.69, 9.17) is 9.47 Å². The molecule has 1 amide bonds. The topological polar surface area (TPSA) is 47.6 Å². The molecule has 1 fully saturated rings. The molecule has 0 spiro atoms. The first-order chi connectivity index (χ1) is 16.6. The Morgan fingerprint density at radius 2 is 1.71 bits per heavy atom. The second-order valence-corrected chi connectivity index (χ2v) is 11.3. The van der Waals surface area contributed by atoms with E-state index >= 15 is 0 Å². The monoisotopic (exact) mass is 479 g/mol. The zero-order valence-corrected chi connectivity index (χ0v) is 22.6. The fourth-order valence-corrected chi connectivity index (χ4v) is 5.44. The third-order valence-electron chi connectivity index (χ3n) is 7.20. The van der Waals surface area contributed by atoms with E-state index in [1.807, 2.05) is 26.0 Å². The molecule has 0 radical (unpaired) electrons. The standard InChI is InChI=1S/C31H45NO3/c1-22(2)29(25-12-14-27(15-13-25)35-23(3)4)20-30(33)32-18-16-28(24-10-8-7-9-11-24)26-17-19-34-31(5,6)21-26/h7-15,22-23,26,28-29H,16-21H2,1-6H3,(H,32,33)/t26-,28+,29-/m0/s1. The molecule has 3 rings (SSSR count). The third-order valence-corrected chi connectivity index (χ3v) is 7.20. The van der Waals surface area contributed by atoms with Gasteiger partial charge in [-0.1, -0.05) is 56.3 Å². The van der Waals surface area contributed by atoms with Gasteiger partial charge in [-0.25, -0.2) is 0 Å². The van der Waals surface area contributed by atoms with Gasteiger partial charge in [0.2, 0.25) is 5.91 Å². The van der Waals surface area contributed by atoms with Crippen LogP contribution in [0.1, 0.15) is 90.2 Å². The van der Waals surface area contributed by atoms with E-state index in [0.717, 1.165) is 31.6 Å². The van der Waals surface area contributed by atoms with Crippen LogP contribution in [0, 0.1) is 11.8 Å². The van der Waals surface area contributed by atoms with Crippen LogP contribution in [0.15, 0.2) is 54.6 Å². The Kier molecular flexibility index (Phi) is 9.80. The van der Waals surface area contributed by atoms with Crippen molar-refractivity contribution in [2.45, 2.75) is 90.8 Å². The lowest BCUT2D eigenvalue weighted by Gasteiger charge is -2.39. The van der Waals surface area contributed by atoms with Crippen LogP contribution < -0.4 is 10.1 Å². The summed E-state index contributed by atoms with van der Waals surface area (Å²) in [5.74, 6) is 2.55. The second-order valence-electron chi connectivity index (χ2n) is 11.3. The molecule has 1 heterocycles. The van der Waals surface area contributed by atoms with E-state index in [0.29, 0.717) is 30.7 Å². The van der Waals surface area contributed by atoms with Crippen molar-refractivity contribution in [1.29, 1.82) is 0 Å². The minimum Gasteiger partial charge on any atom is -0.491 e. The molecule has 4 nitrogen and oxygen atoms in total. The Labute approximate surface area is 212 Å². The summed E-state index contributed by atoms with van der Waals surface area (Å²) in [6, 6.07) is 19.0. The maximum Gasteiger partial charge on any atom is 0.220 e. The van der Waals surface area contributed by atoms with E-state index < -0.39 is 0 Å². The van der Waals surface area contributed by atoms with Gasteiger partial charge < -0.3 is 14.8 Å². The first-order valence-electron chi connectivity index (χ1n) is 13.4. The Balaban J connectivity index is 1.60. The van der Waals surface area contributed by atoms with E-state index in [1.165, 1.54) is 11.1 Å². The lowest BCUT2D eigenvalue weighted by Crippen LogP contribution is -2.37. The van der Waals surface area contributed by atoms with Crippen molar-refractivity contribution in [3.8, 4) is 5.75 Å². The van der Waals surface area contributed by atoms with Gasteiger partial charge in [0.1, 0.15) is 5.75 Å². The predicted octanol–water partition coefficient (Wildman–Crippen LogP) is 7.10. The summed E-state index contributed by atoms with van der Waals surface area (Å²) in [5.41, 5.74) is 2.48. The normalized spacial score (nSPS) is 19.4. The van der Waals surface area contributed by atoms with Crippen molar-refractivity contribution in [2.75, 3.05) is 13.2 Å². The van der Waals surface area contributed by atoms with Gasteiger partial charge in [0.05, 0.1) is 11.7 Å². The first kappa shape index (κ1) is 27.3. The van der Waals surface area contributed by atoms with Crippen LogP contribution in [0.5, 0.6) is 5.75 Å². The second kappa shape index (κ2) is 12.6. The van der Waals surface area contributed by atoms with Crippen LogP contribution in [0.3, 0.4) is 0 Å². The molecule has 4 heteroatoms. The lowest BCUT2D eigenvalue weighted by atomic mass is 9.75. The molecule has 35 heavy (non-hydrogen) atoms. The molecular formula is C31H45NO3. The number of nitrogens with one attached hydrogen (secondary N) is 1. The number of benzene rings is 2. The number of hydrogen-bond donors (Lipinski definition) is 1. The van der Waals surface area contributed by atoms with Gasteiger partial charge in [0.25, 0.3) is 0 Å². The molecule has 0 aromatic heterocycles. The molecule has 2 aromatic rings. The van der Waals surface area contributed by atoms with E-state index in [1.54, 1.807) is 0 Å². The van der Waals surface area contributed by atoms with E-state index in [9.17, 15) is 4.79 Å². The van der Waals surface area contributed by atoms with Crippen LogP contribution in [-0.2, 0) is 9.53 Å². The van der Waals surface area contributed by atoms with Gasteiger partial charge in [0.15, 0.2) is 0 Å². The highest BCUT2D eigenvalue weighted by atomic mass is 16.5. The fraction of sp³-hybridized carbons (Fsp3) is 0.581. The van der Waals surface area contributed by atoms with Gasteiger partial charge in [-0.15, -0.1) is 0 Å². The minimum absolute atomic E-state index is 0.0839. The zero-order valence-electron chi connectivity index (χ0n) is 22.6. The summed E-state index contributed by atoms with van der Waals surface area (Å²) in [6.45, 7) is 14.3. The number of hydrogen-bond acceptors (Lipinski definition) is 3. The Morgan fingerprint density at radius 1 is 1.03 bits per heavy atom. The number of ether oxygens (including phenoxy) is 2. The summed E-state index contributed by atoms with van der Waals surface area (Å²) in [4.78, 5) is 13.0. The van der Waals surface area contributed by atoms with Gasteiger partial charge in [-0.2, -0.15) is 0 Å².